The van der Waals surface area contributed by atoms with Crippen molar-refractivity contribution in [2.24, 2.45) is 0 Å². The summed E-state index contributed by atoms with van der Waals surface area (Å²) in [7, 11) is 2.20. The molecule has 1 saturated heterocycles. The molecule has 0 radical (unpaired) electrons. The molecule has 0 bridgehead atoms. The first-order valence-corrected chi connectivity index (χ1v) is 8.93. The van der Waals surface area contributed by atoms with Gasteiger partial charge in [0.05, 0.1) is 57.6 Å². The van der Waals surface area contributed by atoms with Crippen molar-refractivity contribution in [1.29, 1.82) is 0 Å². The number of likely N-dealkylation sites (N-methyl/N-ethyl adjacent to an activating group) is 1. The highest BCUT2D eigenvalue weighted by atomic mass is 16.5. The standard InChI is InChI=1S/C19H25N3O3/c1-4-24-14-6-7-17-15(12-14)18(22-10-8-21(3)9-11-22)16(13-20-17)19(23)25-5-2/h6-7,12-13H,4-5,8-11H2,1-3H3/p+1. The molecule has 1 aliphatic heterocycles. The van der Waals surface area contributed by atoms with Crippen molar-refractivity contribution in [3.63, 3.8) is 0 Å². The van der Waals surface area contributed by atoms with Gasteiger partial charge in [-0.15, -0.1) is 0 Å². The summed E-state index contributed by atoms with van der Waals surface area (Å²) in [5.41, 5.74) is 2.30. The summed E-state index contributed by atoms with van der Waals surface area (Å²) >= 11 is 0. The van der Waals surface area contributed by atoms with Crippen molar-refractivity contribution in [2.45, 2.75) is 13.8 Å². The van der Waals surface area contributed by atoms with E-state index >= 15 is 0 Å². The third-order valence-corrected chi connectivity index (χ3v) is 4.55. The molecule has 2 aromatic rings. The average molecular weight is 344 g/mol. The van der Waals surface area contributed by atoms with E-state index in [2.05, 4.69) is 16.9 Å². The molecule has 1 aromatic heterocycles. The number of esters is 1. The van der Waals surface area contributed by atoms with Crippen LogP contribution in [-0.4, -0.2) is 57.4 Å². The number of aromatic nitrogens is 1. The van der Waals surface area contributed by atoms with E-state index in [0.29, 0.717) is 18.8 Å². The van der Waals surface area contributed by atoms with E-state index in [0.717, 1.165) is 48.5 Å². The number of nitrogens with one attached hydrogen (secondary N) is 1. The van der Waals surface area contributed by atoms with E-state index in [-0.39, 0.29) is 5.97 Å². The quantitative estimate of drug-likeness (QED) is 0.825. The molecular weight excluding hydrogens is 318 g/mol. The van der Waals surface area contributed by atoms with Crippen LogP contribution < -0.4 is 14.5 Å². The van der Waals surface area contributed by atoms with Crippen molar-refractivity contribution < 1.29 is 19.2 Å². The van der Waals surface area contributed by atoms with Crippen LogP contribution in [0.2, 0.25) is 0 Å². The summed E-state index contributed by atoms with van der Waals surface area (Å²) in [6, 6.07) is 5.84. The van der Waals surface area contributed by atoms with Crippen LogP contribution in [0.1, 0.15) is 24.2 Å². The first-order chi connectivity index (χ1) is 12.1. The Balaban J connectivity index is 2.13. The van der Waals surface area contributed by atoms with Gasteiger partial charge < -0.3 is 19.3 Å². The Labute approximate surface area is 148 Å². The van der Waals surface area contributed by atoms with Crippen LogP contribution in [0.5, 0.6) is 5.75 Å². The maximum Gasteiger partial charge on any atom is 0.341 e. The minimum Gasteiger partial charge on any atom is -0.494 e. The van der Waals surface area contributed by atoms with Crippen LogP contribution in [0.15, 0.2) is 24.4 Å². The van der Waals surface area contributed by atoms with Crippen molar-refractivity contribution in [3.05, 3.63) is 30.0 Å². The van der Waals surface area contributed by atoms with Gasteiger partial charge in [0.1, 0.15) is 11.3 Å². The second kappa shape index (κ2) is 7.70. The van der Waals surface area contributed by atoms with Crippen molar-refractivity contribution in [3.8, 4) is 5.75 Å². The molecule has 6 heteroatoms. The van der Waals surface area contributed by atoms with Gasteiger partial charge in [-0.1, -0.05) is 0 Å². The molecule has 6 nitrogen and oxygen atoms in total. The highest BCUT2D eigenvalue weighted by Crippen LogP contribution is 2.33. The van der Waals surface area contributed by atoms with E-state index in [1.807, 2.05) is 32.0 Å². The first-order valence-electron chi connectivity index (χ1n) is 8.93. The Hall–Kier alpha value is -2.34. The third-order valence-electron chi connectivity index (χ3n) is 4.55. The van der Waals surface area contributed by atoms with Gasteiger partial charge in [-0.25, -0.2) is 4.79 Å². The second-order valence-corrected chi connectivity index (χ2v) is 6.30. The Morgan fingerprint density at radius 3 is 2.68 bits per heavy atom. The highest BCUT2D eigenvalue weighted by Gasteiger charge is 2.25. The van der Waals surface area contributed by atoms with Crippen molar-refractivity contribution >= 4 is 22.6 Å². The van der Waals surface area contributed by atoms with Crippen LogP contribution in [0.25, 0.3) is 10.9 Å². The number of hydrogen-bond donors (Lipinski definition) is 1. The first kappa shape index (κ1) is 17.5. The molecule has 0 amide bonds. The molecule has 0 atom stereocenters. The van der Waals surface area contributed by atoms with Gasteiger partial charge in [0.15, 0.2) is 0 Å². The lowest BCUT2D eigenvalue weighted by Gasteiger charge is -2.33. The molecular formula is C19H26N3O3+. The van der Waals surface area contributed by atoms with E-state index in [1.165, 1.54) is 4.90 Å². The minimum absolute atomic E-state index is 0.319. The SMILES string of the molecule is CCOC(=O)c1cnc2ccc(OCC)cc2c1N1CC[NH+](C)CC1. The zero-order valence-corrected chi connectivity index (χ0v) is 15.2. The lowest BCUT2D eigenvalue weighted by Crippen LogP contribution is -3.12. The molecule has 1 aromatic carbocycles. The molecule has 0 spiro atoms. The zero-order chi connectivity index (χ0) is 17.8. The Morgan fingerprint density at radius 2 is 2.00 bits per heavy atom. The Bertz CT molecular complexity index is 755. The van der Waals surface area contributed by atoms with E-state index in [1.54, 1.807) is 6.20 Å². The lowest BCUT2D eigenvalue weighted by molar-refractivity contribution is -0.880. The van der Waals surface area contributed by atoms with Crippen molar-refractivity contribution in [2.75, 3.05) is 51.3 Å². The fourth-order valence-electron chi connectivity index (χ4n) is 3.23. The van der Waals surface area contributed by atoms with E-state index in [4.69, 9.17) is 9.47 Å². The molecule has 2 heterocycles. The van der Waals surface area contributed by atoms with Gasteiger partial charge in [-0.2, -0.15) is 0 Å². The predicted octanol–water partition coefficient (Wildman–Crippen LogP) is 1.14. The number of pyridine rings is 1. The fourth-order valence-corrected chi connectivity index (χ4v) is 3.23. The number of anilines is 1. The molecule has 134 valence electrons. The van der Waals surface area contributed by atoms with E-state index in [9.17, 15) is 4.79 Å². The number of ether oxygens (including phenoxy) is 2. The van der Waals surface area contributed by atoms with E-state index < -0.39 is 0 Å². The van der Waals surface area contributed by atoms with Gasteiger partial charge in [0.2, 0.25) is 0 Å². The summed E-state index contributed by atoms with van der Waals surface area (Å²) in [6.45, 7) is 8.60. The Kier molecular flexibility index (Phi) is 5.38. The largest absolute Gasteiger partial charge is 0.494 e. The molecule has 25 heavy (non-hydrogen) atoms. The van der Waals surface area contributed by atoms with Crippen LogP contribution in [0, 0.1) is 0 Å². The summed E-state index contributed by atoms with van der Waals surface area (Å²) in [4.78, 5) is 20.7. The molecule has 1 fully saturated rings. The maximum atomic E-state index is 12.5. The number of nitrogens with zero attached hydrogens (tertiary/aromatic N) is 2. The zero-order valence-electron chi connectivity index (χ0n) is 15.2. The number of piperazine rings is 1. The van der Waals surface area contributed by atoms with Gasteiger partial charge in [-0.05, 0) is 32.0 Å². The van der Waals surface area contributed by atoms with Crippen molar-refractivity contribution in [1.82, 2.24) is 4.98 Å². The van der Waals surface area contributed by atoms with Crippen LogP contribution in [-0.2, 0) is 4.74 Å². The van der Waals surface area contributed by atoms with Crippen LogP contribution >= 0.6 is 0 Å². The predicted molar refractivity (Wildman–Crippen MR) is 97.7 cm³/mol. The highest BCUT2D eigenvalue weighted by molar-refractivity contribution is 6.05. The van der Waals surface area contributed by atoms with Crippen LogP contribution in [0.3, 0.4) is 0 Å². The molecule has 0 saturated carbocycles. The molecule has 3 rings (SSSR count). The number of benzene rings is 1. The van der Waals surface area contributed by atoms with Gasteiger partial charge in [0.25, 0.3) is 0 Å². The molecule has 0 aliphatic carbocycles. The minimum atomic E-state index is -0.319. The molecule has 1 N–H and O–H groups in total. The summed E-state index contributed by atoms with van der Waals surface area (Å²) in [5, 5.41) is 0.941. The normalized spacial score (nSPS) is 15.4. The number of carbonyl (C=O) groups excluding carboxylic acids is 1. The smallest absolute Gasteiger partial charge is 0.341 e. The second-order valence-electron chi connectivity index (χ2n) is 6.30. The van der Waals surface area contributed by atoms with Gasteiger partial charge >= 0.3 is 5.97 Å². The summed E-state index contributed by atoms with van der Waals surface area (Å²) < 4.78 is 10.9. The summed E-state index contributed by atoms with van der Waals surface area (Å²) in [5.74, 6) is 0.471. The number of carbonyl (C=O) groups is 1. The number of rotatable bonds is 5. The van der Waals surface area contributed by atoms with Crippen LogP contribution in [0.4, 0.5) is 5.69 Å². The van der Waals surface area contributed by atoms with Gasteiger partial charge in [-0.3, -0.25) is 4.98 Å². The monoisotopic (exact) mass is 344 g/mol. The Morgan fingerprint density at radius 1 is 1.24 bits per heavy atom. The third kappa shape index (κ3) is 3.69. The topological polar surface area (TPSA) is 56.1 Å². The lowest BCUT2D eigenvalue weighted by atomic mass is 10.1. The fraction of sp³-hybridized carbons (Fsp3) is 0.474. The average Bonchev–Trinajstić information content (AvgIpc) is 2.62. The number of hydrogen-bond acceptors (Lipinski definition) is 5. The van der Waals surface area contributed by atoms with Gasteiger partial charge in [0, 0.05) is 11.6 Å². The molecule has 0 unspecified atom stereocenters. The summed E-state index contributed by atoms with van der Waals surface area (Å²) in [6.07, 6.45) is 1.64. The maximum absolute atomic E-state index is 12.5. The number of quaternary nitrogens is 1. The molecule has 1 aliphatic rings. The number of fused-ring (bicyclic) bond motifs is 1.